The number of unbranched alkanes of at least 4 members (excludes halogenated alkanes) is 1. The Morgan fingerprint density at radius 3 is 2.43 bits per heavy atom. The maximum absolute atomic E-state index is 11.5. The molecule has 1 saturated heterocycles. The predicted octanol–water partition coefficient (Wildman–Crippen LogP) is 3.88. The fourth-order valence-corrected chi connectivity index (χ4v) is 3.77. The van der Waals surface area contributed by atoms with Crippen LogP contribution in [-0.4, -0.2) is 46.1 Å². The highest BCUT2D eigenvalue weighted by Crippen LogP contribution is 2.22. The van der Waals surface area contributed by atoms with E-state index in [0.717, 1.165) is 43.0 Å². The van der Waals surface area contributed by atoms with E-state index in [4.69, 9.17) is 4.74 Å². The van der Waals surface area contributed by atoms with Crippen molar-refractivity contribution in [2.24, 2.45) is 5.92 Å². The molecule has 0 unspecified atom stereocenters. The van der Waals surface area contributed by atoms with Crippen LogP contribution in [-0.2, 0) is 22.5 Å². The van der Waals surface area contributed by atoms with Crippen LogP contribution in [0.15, 0.2) is 54.7 Å². The van der Waals surface area contributed by atoms with Crippen LogP contribution < -0.4 is 0 Å². The summed E-state index contributed by atoms with van der Waals surface area (Å²) < 4.78 is 6.60. The topological polar surface area (TPSA) is 60.2 Å². The SMILES string of the molecule is CCCCc1ccc(-c2cn(-c3ccc(CN4CC(C(=O)OC)C4)cc3)nn2)cc1. The summed E-state index contributed by atoms with van der Waals surface area (Å²) in [7, 11) is 1.45. The van der Waals surface area contributed by atoms with Gasteiger partial charge in [0.15, 0.2) is 0 Å². The zero-order valence-electron chi connectivity index (χ0n) is 17.6. The summed E-state index contributed by atoms with van der Waals surface area (Å²) in [6, 6.07) is 16.9. The molecule has 1 aliphatic rings. The van der Waals surface area contributed by atoms with Gasteiger partial charge in [0.2, 0.25) is 0 Å². The monoisotopic (exact) mass is 404 g/mol. The van der Waals surface area contributed by atoms with Gasteiger partial charge in [0, 0.05) is 25.2 Å². The molecule has 0 N–H and O–H groups in total. The molecule has 0 atom stereocenters. The molecule has 0 spiro atoms. The molecular weight excluding hydrogens is 376 g/mol. The van der Waals surface area contributed by atoms with Crippen molar-refractivity contribution in [2.75, 3.05) is 20.2 Å². The number of aromatic nitrogens is 3. The zero-order chi connectivity index (χ0) is 20.9. The molecule has 3 aromatic rings. The summed E-state index contributed by atoms with van der Waals surface area (Å²) in [4.78, 5) is 13.7. The summed E-state index contributed by atoms with van der Waals surface area (Å²) in [5.41, 5.74) is 5.51. The lowest BCUT2D eigenvalue weighted by molar-refractivity contribution is -0.151. The van der Waals surface area contributed by atoms with E-state index >= 15 is 0 Å². The van der Waals surface area contributed by atoms with Crippen LogP contribution in [0.25, 0.3) is 16.9 Å². The number of nitrogens with zero attached hydrogens (tertiary/aromatic N) is 4. The van der Waals surface area contributed by atoms with E-state index in [1.165, 1.54) is 31.1 Å². The fourth-order valence-electron chi connectivity index (χ4n) is 3.77. The van der Waals surface area contributed by atoms with Crippen molar-refractivity contribution in [3.63, 3.8) is 0 Å². The number of methoxy groups -OCH3 is 1. The molecule has 1 aliphatic heterocycles. The number of hydrogen-bond donors (Lipinski definition) is 0. The van der Waals surface area contributed by atoms with Gasteiger partial charge in [-0.25, -0.2) is 4.68 Å². The number of esters is 1. The average molecular weight is 405 g/mol. The van der Waals surface area contributed by atoms with Crippen LogP contribution in [0.2, 0.25) is 0 Å². The molecule has 0 bridgehead atoms. The quantitative estimate of drug-likeness (QED) is 0.533. The molecule has 0 aliphatic carbocycles. The van der Waals surface area contributed by atoms with E-state index in [1.54, 1.807) is 4.68 Å². The summed E-state index contributed by atoms with van der Waals surface area (Å²) in [5, 5.41) is 8.64. The van der Waals surface area contributed by atoms with Crippen LogP contribution in [0.5, 0.6) is 0 Å². The van der Waals surface area contributed by atoms with Crippen LogP contribution in [0.1, 0.15) is 30.9 Å². The summed E-state index contributed by atoms with van der Waals surface area (Å²) in [5.74, 6) is -0.0947. The first-order valence-electron chi connectivity index (χ1n) is 10.6. The van der Waals surface area contributed by atoms with Crippen LogP contribution in [0, 0.1) is 5.92 Å². The number of carbonyl (C=O) groups is 1. The van der Waals surface area contributed by atoms with Crippen LogP contribution >= 0.6 is 0 Å². The Balaban J connectivity index is 1.36. The van der Waals surface area contributed by atoms with Gasteiger partial charge >= 0.3 is 5.97 Å². The third-order valence-corrected chi connectivity index (χ3v) is 5.66. The van der Waals surface area contributed by atoms with Crippen molar-refractivity contribution >= 4 is 5.97 Å². The van der Waals surface area contributed by atoms with Crippen molar-refractivity contribution in [1.82, 2.24) is 19.9 Å². The molecule has 1 fully saturated rings. The number of aryl methyl sites for hydroxylation is 1. The second kappa shape index (κ2) is 9.22. The molecule has 30 heavy (non-hydrogen) atoms. The highest BCUT2D eigenvalue weighted by atomic mass is 16.5. The minimum atomic E-state index is -0.112. The van der Waals surface area contributed by atoms with E-state index in [-0.39, 0.29) is 11.9 Å². The van der Waals surface area contributed by atoms with Gasteiger partial charge in [0.1, 0.15) is 5.69 Å². The lowest BCUT2D eigenvalue weighted by Crippen LogP contribution is -2.49. The number of benzene rings is 2. The fraction of sp³-hybridized carbons (Fsp3) is 0.375. The third kappa shape index (κ3) is 4.60. The van der Waals surface area contributed by atoms with Gasteiger partial charge in [-0.2, -0.15) is 0 Å². The van der Waals surface area contributed by atoms with E-state index < -0.39 is 0 Å². The molecule has 2 heterocycles. The maximum atomic E-state index is 11.5. The second-order valence-corrected chi connectivity index (χ2v) is 7.93. The van der Waals surface area contributed by atoms with Crippen molar-refractivity contribution in [3.8, 4) is 16.9 Å². The Hall–Kier alpha value is -2.99. The zero-order valence-corrected chi connectivity index (χ0v) is 17.6. The lowest BCUT2D eigenvalue weighted by Gasteiger charge is -2.37. The van der Waals surface area contributed by atoms with Crippen molar-refractivity contribution in [3.05, 3.63) is 65.9 Å². The minimum absolute atomic E-state index is 0.0172. The standard InChI is InChI=1S/C24H28N4O2/c1-3-4-5-18-6-10-20(11-7-18)23-17-28(26-25-23)22-12-8-19(9-13-22)14-27-15-21(16-27)24(29)30-2/h6-13,17,21H,3-5,14-16H2,1-2H3. The van der Waals surface area contributed by atoms with E-state index in [9.17, 15) is 4.79 Å². The van der Waals surface area contributed by atoms with E-state index in [2.05, 4.69) is 70.7 Å². The Kier molecular flexibility index (Phi) is 6.23. The first kappa shape index (κ1) is 20.3. The normalized spacial score (nSPS) is 14.5. The van der Waals surface area contributed by atoms with Gasteiger partial charge in [-0.05, 0) is 36.1 Å². The number of likely N-dealkylation sites (tertiary alicyclic amines) is 1. The number of ether oxygens (including phenoxy) is 1. The third-order valence-electron chi connectivity index (χ3n) is 5.66. The maximum Gasteiger partial charge on any atom is 0.311 e. The molecule has 6 nitrogen and oxygen atoms in total. The largest absolute Gasteiger partial charge is 0.469 e. The first-order valence-corrected chi connectivity index (χ1v) is 10.6. The number of hydrogen-bond acceptors (Lipinski definition) is 5. The van der Waals surface area contributed by atoms with Crippen LogP contribution in [0.4, 0.5) is 0 Å². The van der Waals surface area contributed by atoms with Gasteiger partial charge in [0.25, 0.3) is 0 Å². The van der Waals surface area contributed by atoms with Gasteiger partial charge in [-0.15, -0.1) is 5.10 Å². The van der Waals surface area contributed by atoms with Crippen LogP contribution in [0.3, 0.4) is 0 Å². The second-order valence-electron chi connectivity index (χ2n) is 7.93. The van der Waals surface area contributed by atoms with Gasteiger partial charge in [0.05, 0.1) is 24.9 Å². The van der Waals surface area contributed by atoms with E-state index in [1.807, 2.05) is 6.20 Å². The predicted molar refractivity (Wildman–Crippen MR) is 116 cm³/mol. The molecule has 156 valence electrons. The molecule has 6 heteroatoms. The molecule has 0 saturated carbocycles. The Bertz CT molecular complexity index is 973. The van der Waals surface area contributed by atoms with E-state index in [0.29, 0.717) is 0 Å². The number of rotatable bonds is 8. The molecule has 2 aromatic carbocycles. The first-order chi connectivity index (χ1) is 14.7. The number of carbonyl (C=O) groups excluding carboxylic acids is 1. The molecule has 1 aromatic heterocycles. The van der Waals surface area contributed by atoms with Gasteiger partial charge in [-0.1, -0.05) is 55.0 Å². The Morgan fingerprint density at radius 2 is 1.77 bits per heavy atom. The highest BCUT2D eigenvalue weighted by molar-refractivity contribution is 5.73. The minimum Gasteiger partial charge on any atom is -0.469 e. The summed E-state index contributed by atoms with van der Waals surface area (Å²) in [6.45, 7) is 4.57. The van der Waals surface area contributed by atoms with Gasteiger partial charge in [-0.3, -0.25) is 9.69 Å². The molecule has 0 amide bonds. The Morgan fingerprint density at radius 1 is 1.07 bits per heavy atom. The Labute approximate surface area is 177 Å². The lowest BCUT2D eigenvalue weighted by atomic mass is 9.99. The highest BCUT2D eigenvalue weighted by Gasteiger charge is 2.33. The molecular formula is C24H28N4O2. The molecule has 0 radical (unpaired) electrons. The van der Waals surface area contributed by atoms with Crippen molar-refractivity contribution in [1.29, 1.82) is 0 Å². The van der Waals surface area contributed by atoms with Crippen molar-refractivity contribution in [2.45, 2.75) is 32.7 Å². The smallest absolute Gasteiger partial charge is 0.311 e. The summed E-state index contributed by atoms with van der Waals surface area (Å²) >= 11 is 0. The average Bonchev–Trinajstić information content (AvgIpc) is 3.25. The molecule has 4 rings (SSSR count). The van der Waals surface area contributed by atoms with Crippen molar-refractivity contribution < 1.29 is 9.53 Å². The van der Waals surface area contributed by atoms with Gasteiger partial charge < -0.3 is 4.74 Å². The summed E-state index contributed by atoms with van der Waals surface area (Å²) in [6.07, 6.45) is 5.51.